The Labute approximate surface area is 262 Å². The molecule has 0 aromatic heterocycles. The van der Waals surface area contributed by atoms with Crippen LogP contribution in [-0.2, 0) is 0 Å². The first kappa shape index (κ1) is 28.8. The average molecular weight is 571 g/mol. The van der Waals surface area contributed by atoms with Crippen molar-refractivity contribution in [2.24, 2.45) is 0 Å². The van der Waals surface area contributed by atoms with Crippen molar-refractivity contribution in [2.45, 2.75) is 27.7 Å². The van der Waals surface area contributed by atoms with Crippen LogP contribution in [-0.4, -0.2) is 0 Å². The number of hydrogen-bond acceptors (Lipinski definition) is 2. The van der Waals surface area contributed by atoms with Crippen molar-refractivity contribution in [3.8, 4) is 0 Å². The number of benzene rings is 6. The highest BCUT2D eigenvalue weighted by Gasteiger charge is 2.14. The minimum atomic E-state index is 1.13. The predicted octanol–water partition coefficient (Wildman–Crippen LogP) is 12.0. The van der Waals surface area contributed by atoms with Gasteiger partial charge in [-0.05, 0) is 134 Å². The predicted molar refractivity (Wildman–Crippen MR) is 190 cm³/mol. The topological polar surface area (TPSA) is 6.48 Å². The Bertz CT molecular complexity index is 1670. The molecule has 2 heteroatoms. The van der Waals surface area contributed by atoms with Gasteiger partial charge in [-0.2, -0.15) is 0 Å². The van der Waals surface area contributed by atoms with Crippen LogP contribution in [0.2, 0.25) is 0 Å². The van der Waals surface area contributed by atoms with Gasteiger partial charge in [-0.15, -0.1) is 0 Å². The molecule has 0 aliphatic carbocycles. The van der Waals surface area contributed by atoms with Crippen LogP contribution in [0.4, 0.5) is 34.1 Å². The fourth-order valence-electron chi connectivity index (χ4n) is 5.62. The van der Waals surface area contributed by atoms with Gasteiger partial charge < -0.3 is 9.80 Å². The summed E-state index contributed by atoms with van der Waals surface area (Å²) in [4.78, 5) is 4.64. The molecular weight excluding hydrogens is 532 g/mol. The Balaban J connectivity index is 1.25. The van der Waals surface area contributed by atoms with E-state index >= 15 is 0 Å². The van der Waals surface area contributed by atoms with Gasteiger partial charge in [-0.25, -0.2) is 0 Å². The van der Waals surface area contributed by atoms with E-state index in [4.69, 9.17) is 0 Å². The summed E-state index contributed by atoms with van der Waals surface area (Å²) in [6.45, 7) is 8.56. The lowest BCUT2D eigenvalue weighted by Crippen LogP contribution is -2.10. The number of anilines is 6. The summed E-state index contributed by atoms with van der Waals surface area (Å²) in [5, 5.41) is 0. The van der Waals surface area contributed by atoms with Crippen molar-refractivity contribution in [1.82, 2.24) is 0 Å². The quantitative estimate of drug-likeness (QED) is 0.168. The van der Waals surface area contributed by atoms with Crippen molar-refractivity contribution < 1.29 is 0 Å². The lowest BCUT2D eigenvalue weighted by molar-refractivity contribution is 1.26. The Kier molecular flexibility index (Phi) is 8.43. The summed E-state index contributed by atoms with van der Waals surface area (Å²) in [6, 6.07) is 52.3. The van der Waals surface area contributed by atoms with Gasteiger partial charge in [0.1, 0.15) is 0 Å². The first-order valence-corrected chi connectivity index (χ1v) is 15.2. The molecule has 0 heterocycles. The van der Waals surface area contributed by atoms with E-state index in [1.807, 2.05) is 0 Å². The second-order valence-corrected chi connectivity index (χ2v) is 11.5. The minimum absolute atomic E-state index is 1.13. The summed E-state index contributed by atoms with van der Waals surface area (Å²) < 4.78 is 0. The van der Waals surface area contributed by atoms with E-state index in [2.05, 4.69) is 195 Å². The van der Waals surface area contributed by atoms with Gasteiger partial charge in [0.25, 0.3) is 0 Å². The molecule has 0 N–H and O–H groups in total. The standard InChI is InChI=1S/C42H38N2/c1-31-9-5-13-39(27-31)43(40-14-6-10-32(2)28-40)37-23-19-35(20-24-37)17-18-36-21-25-38(26-22-36)44(41-15-7-11-33(3)29-41)42-16-8-12-34(4)30-42/h5-30H,1-4H3. The SMILES string of the molecule is Cc1cccc(N(c2ccc(C=Cc3ccc(N(c4cccc(C)c4)c4cccc(C)c4)cc3)cc2)c2cccc(C)c2)c1. The van der Waals surface area contributed by atoms with Gasteiger partial charge in [0, 0.05) is 34.1 Å². The van der Waals surface area contributed by atoms with Crippen LogP contribution >= 0.6 is 0 Å². The third-order valence-corrected chi connectivity index (χ3v) is 7.81. The molecule has 0 spiro atoms. The van der Waals surface area contributed by atoms with Gasteiger partial charge in [0.15, 0.2) is 0 Å². The molecule has 216 valence electrons. The van der Waals surface area contributed by atoms with Crippen LogP contribution in [0, 0.1) is 27.7 Å². The van der Waals surface area contributed by atoms with Crippen molar-refractivity contribution in [1.29, 1.82) is 0 Å². The first-order chi connectivity index (χ1) is 21.4. The molecule has 0 aliphatic heterocycles. The van der Waals surface area contributed by atoms with Crippen molar-refractivity contribution in [2.75, 3.05) is 9.80 Å². The molecule has 44 heavy (non-hydrogen) atoms. The molecule has 6 aromatic carbocycles. The van der Waals surface area contributed by atoms with Crippen molar-refractivity contribution in [3.63, 3.8) is 0 Å². The first-order valence-electron chi connectivity index (χ1n) is 15.2. The molecule has 0 fully saturated rings. The number of rotatable bonds is 8. The highest BCUT2D eigenvalue weighted by atomic mass is 15.1. The van der Waals surface area contributed by atoms with Gasteiger partial charge in [-0.3, -0.25) is 0 Å². The lowest BCUT2D eigenvalue weighted by Gasteiger charge is -2.26. The molecular formula is C42H38N2. The maximum Gasteiger partial charge on any atom is 0.0464 e. The highest BCUT2D eigenvalue weighted by Crippen LogP contribution is 2.37. The van der Waals surface area contributed by atoms with E-state index in [1.54, 1.807) is 0 Å². The molecule has 0 amide bonds. The maximum atomic E-state index is 2.32. The van der Waals surface area contributed by atoms with E-state index in [1.165, 1.54) is 22.3 Å². The van der Waals surface area contributed by atoms with E-state index in [0.717, 1.165) is 45.3 Å². The minimum Gasteiger partial charge on any atom is -0.310 e. The van der Waals surface area contributed by atoms with Gasteiger partial charge >= 0.3 is 0 Å². The molecule has 0 bridgehead atoms. The van der Waals surface area contributed by atoms with Crippen LogP contribution in [0.3, 0.4) is 0 Å². The fourth-order valence-corrected chi connectivity index (χ4v) is 5.62. The number of aryl methyl sites for hydroxylation is 4. The van der Waals surface area contributed by atoms with Crippen LogP contribution in [0.1, 0.15) is 33.4 Å². The largest absolute Gasteiger partial charge is 0.310 e. The molecule has 0 saturated heterocycles. The summed E-state index contributed by atoms with van der Waals surface area (Å²) in [5.41, 5.74) is 14.2. The molecule has 0 unspecified atom stereocenters. The Hall–Kier alpha value is -5.34. The smallest absolute Gasteiger partial charge is 0.0464 e. The van der Waals surface area contributed by atoms with Crippen LogP contribution < -0.4 is 9.80 Å². The highest BCUT2D eigenvalue weighted by molar-refractivity contribution is 5.80. The van der Waals surface area contributed by atoms with Gasteiger partial charge in [0.2, 0.25) is 0 Å². The Morgan fingerprint density at radius 2 is 0.591 bits per heavy atom. The molecule has 0 atom stereocenters. The summed E-state index contributed by atoms with van der Waals surface area (Å²) in [6.07, 6.45) is 4.36. The zero-order chi connectivity index (χ0) is 30.5. The van der Waals surface area contributed by atoms with Gasteiger partial charge in [-0.1, -0.05) is 84.9 Å². The number of hydrogen-bond donors (Lipinski definition) is 0. The van der Waals surface area contributed by atoms with E-state index in [-0.39, 0.29) is 0 Å². The summed E-state index contributed by atoms with van der Waals surface area (Å²) in [5.74, 6) is 0. The van der Waals surface area contributed by atoms with E-state index in [9.17, 15) is 0 Å². The zero-order valence-corrected chi connectivity index (χ0v) is 25.9. The van der Waals surface area contributed by atoms with Crippen molar-refractivity contribution >= 4 is 46.3 Å². The molecule has 0 aliphatic rings. The van der Waals surface area contributed by atoms with Crippen LogP contribution in [0.5, 0.6) is 0 Å². The normalized spacial score (nSPS) is 11.1. The lowest BCUT2D eigenvalue weighted by atomic mass is 10.1. The van der Waals surface area contributed by atoms with Crippen LogP contribution in [0.15, 0.2) is 146 Å². The van der Waals surface area contributed by atoms with Crippen LogP contribution in [0.25, 0.3) is 12.2 Å². The fraction of sp³-hybridized carbons (Fsp3) is 0.0952. The maximum absolute atomic E-state index is 2.32. The monoisotopic (exact) mass is 570 g/mol. The Morgan fingerprint density at radius 3 is 0.841 bits per heavy atom. The Morgan fingerprint density at radius 1 is 0.318 bits per heavy atom. The molecule has 0 radical (unpaired) electrons. The third kappa shape index (κ3) is 6.66. The molecule has 2 nitrogen and oxygen atoms in total. The second kappa shape index (κ2) is 12.9. The van der Waals surface area contributed by atoms with E-state index in [0.29, 0.717) is 0 Å². The van der Waals surface area contributed by atoms with Gasteiger partial charge in [0.05, 0.1) is 0 Å². The summed E-state index contributed by atoms with van der Waals surface area (Å²) >= 11 is 0. The van der Waals surface area contributed by atoms with Crippen molar-refractivity contribution in [3.05, 3.63) is 179 Å². The number of nitrogens with zero attached hydrogens (tertiary/aromatic N) is 2. The van der Waals surface area contributed by atoms with E-state index < -0.39 is 0 Å². The summed E-state index contributed by atoms with van der Waals surface area (Å²) in [7, 11) is 0. The zero-order valence-electron chi connectivity index (χ0n) is 25.9. The molecule has 0 saturated carbocycles. The molecule has 6 aromatic rings. The average Bonchev–Trinajstić information content (AvgIpc) is 3.02. The third-order valence-electron chi connectivity index (χ3n) is 7.81. The second-order valence-electron chi connectivity index (χ2n) is 11.5. The molecule has 6 rings (SSSR count).